The predicted molar refractivity (Wildman–Crippen MR) is 91.7 cm³/mol. The van der Waals surface area contributed by atoms with E-state index in [0.717, 1.165) is 12.1 Å². The molecule has 0 aliphatic heterocycles. The van der Waals surface area contributed by atoms with E-state index in [0.29, 0.717) is 38.2 Å². The Labute approximate surface area is 151 Å². The van der Waals surface area contributed by atoms with Gasteiger partial charge in [0, 0.05) is 32.2 Å². The fourth-order valence-corrected chi connectivity index (χ4v) is 3.02. The first kappa shape index (κ1) is 20.3. The Morgan fingerprint density at radius 2 is 2.08 bits per heavy atom. The van der Waals surface area contributed by atoms with E-state index >= 15 is 0 Å². The lowest BCUT2D eigenvalue weighted by atomic mass is 10.1. The largest absolute Gasteiger partial charge is 0.481 e. The molecule has 7 heteroatoms. The van der Waals surface area contributed by atoms with Crippen molar-refractivity contribution in [3.8, 4) is 0 Å². The van der Waals surface area contributed by atoms with Gasteiger partial charge in [-0.05, 0) is 43.4 Å². The molecule has 1 fully saturated rings. The quantitative estimate of drug-likeness (QED) is 0.644. The van der Waals surface area contributed by atoms with Crippen molar-refractivity contribution in [1.82, 2.24) is 4.90 Å². The van der Waals surface area contributed by atoms with Crippen LogP contribution in [0.5, 0.6) is 0 Å². The van der Waals surface area contributed by atoms with Crippen LogP contribution in [-0.4, -0.2) is 48.2 Å². The van der Waals surface area contributed by atoms with E-state index in [9.17, 15) is 18.4 Å². The molecule has 2 rings (SSSR count). The molecular formula is C19H25F2NO4. The molecule has 5 nitrogen and oxygen atoms in total. The average Bonchev–Trinajstić information content (AvgIpc) is 3.39. The van der Waals surface area contributed by atoms with Crippen LogP contribution in [0.1, 0.15) is 38.2 Å². The smallest absolute Gasteiger partial charge is 0.308 e. The standard InChI is InChI=1S/C19H25F2NO4/c1-3-26-8-4-7-22(11-12(2)19(24)25)18(23)15-10-14(15)13-5-6-16(20)17(21)9-13/h5-6,9,12,14-15H,3-4,7-8,10-11H2,1-2H3,(H,24,25). The second-order valence-electron chi connectivity index (χ2n) is 6.70. The topological polar surface area (TPSA) is 66.8 Å². The Balaban J connectivity index is 2.00. The van der Waals surface area contributed by atoms with E-state index in [2.05, 4.69) is 0 Å². The highest BCUT2D eigenvalue weighted by Gasteiger charge is 2.46. The summed E-state index contributed by atoms with van der Waals surface area (Å²) in [5.74, 6) is -4.06. The first-order valence-corrected chi connectivity index (χ1v) is 8.89. The summed E-state index contributed by atoms with van der Waals surface area (Å²) in [4.78, 5) is 25.5. The number of carbonyl (C=O) groups is 2. The van der Waals surface area contributed by atoms with Crippen molar-refractivity contribution in [1.29, 1.82) is 0 Å². The van der Waals surface area contributed by atoms with Crippen LogP contribution >= 0.6 is 0 Å². The number of benzene rings is 1. The van der Waals surface area contributed by atoms with E-state index in [1.807, 2.05) is 6.92 Å². The lowest BCUT2D eigenvalue weighted by Crippen LogP contribution is -2.39. The Morgan fingerprint density at radius 3 is 2.69 bits per heavy atom. The number of nitrogens with zero attached hydrogens (tertiary/aromatic N) is 1. The number of carboxylic acid groups (broad SMARTS) is 1. The molecule has 3 unspecified atom stereocenters. The van der Waals surface area contributed by atoms with Crippen molar-refractivity contribution in [2.45, 2.75) is 32.6 Å². The molecule has 0 spiro atoms. The Bertz CT molecular complexity index is 652. The number of amides is 1. The molecule has 1 aromatic carbocycles. The third kappa shape index (κ3) is 5.24. The molecule has 1 aromatic rings. The highest BCUT2D eigenvalue weighted by atomic mass is 19.2. The van der Waals surface area contributed by atoms with Gasteiger partial charge in [-0.2, -0.15) is 0 Å². The Hall–Kier alpha value is -2.02. The molecule has 1 saturated carbocycles. The first-order chi connectivity index (χ1) is 12.3. The van der Waals surface area contributed by atoms with Crippen LogP contribution in [0.15, 0.2) is 18.2 Å². The molecule has 0 saturated heterocycles. The van der Waals surface area contributed by atoms with E-state index in [1.165, 1.54) is 6.07 Å². The molecule has 0 aromatic heterocycles. The summed E-state index contributed by atoms with van der Waals surface area (Å²) in [5.41, 5.74) is 0.600. The van der Waals surface area contributed by atoms with Gasteiger partial charge in [0.15, 0.2) is 11.6 Å². The van der Waals surface area contributed by atoms with Gasteiger partial charge in [0.1, 0.15) is 0 Å². The molecule has 3 atom stereocenters. The molecule has 26 heavy (non-hydrogen) atoms. The van der Waals surface area contributed by atoms with Crippen molar-refractivity contribution in [2.75, 3.05) is 26.3 Å². The van der Waals surface area contributed by atoms with Gasteiger partial charge in [-0.1, -0.05) is 13.0 Å². The minimum Gasteiger partial charge on any atom is -0.481 e. The van der Waals surface area contributed by atoms with Gasteiger partial charge in [-0.25, -0.2) is 8.78 Å². The van der Waals surface area contributed by atoms with Crippen molar-refractivity contribution in [3.05, 3.63) is 35.4 Å². The molecule has 1 amide bonds. The number of carbonyl (C=O) groups excluding carboxylic acids is 1. The molecule has 1 aliphatic rings. The fraction of sp³-hybridized carbons (Fsp3) is 0.579. The molecule has 0 bridgehead atoms. The monoisotopic (exact) mass is 369 g/mol. The average molecular weight is 369 g/mol. The summed E-state index contributed by atoms with van der Waals surface area (Å²) in [5, 5.41) is 9.12. The van der Waals surface area contributed by atoms with Crippen molar-refractivity contribution in [3.63, 3.8) is 0 Å². The van der Waals surface area contributed by atoms with Gasteiger partial charge >= 0.3 is 5.97 Å². The summed E-state index contributed by atoms with van der Waals surface area (Å²) in [7, 11) is 0. The van der Waals surface area contributed by atoms with Crippen LogP contribution in [0.2, 0.25) is 0 Å². The van der Waals surface area contributed by atoms with Crippen molar-refractivity contribution in [2.24, 2.45) is 11.8 Å². The Kier molecular flexibility index (Phi) is 7.08. The van der Waals surface area contributed by atoms with Gasteiger partial charge < -0.3 is 14.7 Å². The summed E-state index contributed by atoms with van der Waals surface area (Å²) in [6.45, 7) is 5.06. The zero-order valence-corrected chi connectivity index (χ0v) is 15.1. The highest BCUT2D eigenvalue weighted by Crippen LogP contribution is 2.48. The van der Waals surface area contributed by atoms with Crippen molar-refractivity contribution >= 4 is 11.9 Å². The lowest BCUT2D eigenvalue weighted by Gasteiger charge is -2.25. The minimum absolute atomic E-state index is 0.126. The zero-order chi connectivity index (χ0) is 19.3. The lowest BCUT2D eigenvalue weighted by molar-refractivity contribution is -0.143. The van der Waals surface area contributed by atoms with Crippen LogP contribution < -0.4 is 0 Å². The summed E-state index contributed by atoms with van der Waals surface area (Å²) in [6, 6.07) is 3.69. The van der Waals surface area contributed by atoms with Gasteiger partial charge in [0.25, 0.3) is 0 Å². The molecular weight excluding hydrogens is 344 g/mol. The first-order valence-electron chi connectivity index (χ1n) is 8.89. The second kappa shape index (κ2) is 9.07. The third-order valence-corrected chi connectivity index (χ3v) is 4.63. The van der Waals surface area contributed by atoms with Crippen LogP contribution in [0.25, 0.3) is 0 Å². The third-order valence-electron chi connectivity index (χ3n) is 4.63. The maximum Gasteiger partial charge on any atom is 0.308 e. The minimum atomic E-state index is -0.958. The fourth-order valence-electron chi connectivity index (χ4n) is 3.02. The number of ether oxygens (including phenoxy) is 1. The summed E-state index contributed by atoms with van der Waals surface area (Å²) < 4.78 is 31.8. The SMILES string of the molecule is CCOCCCN(CC(C)C(=O)O)C(=O)C1CC1c1ccc(F)c(F)c1. The summed E-state index contributed by atoms with van der Waals surface area (Å²) >= 11 is 0. The van der Waals surface area contributed by atoms with Crippen molar-refractivity contribution < 1.29 is 28.2 Å². The predicted octanol–water partition coefficient (Wildman–Crippen LogP) is 3.04. The van der Waals surface area contributed by atoms with E-state index < -0.39 is 23.5 Å². The van der Waals surface area contributed by atoms with Gasteiger partial charge in [0.2, 0.25) is 5.91 Å². The Morgan fingerprint density at radius 1 is 1.35 bits per heavy atom. The number of aliphatic carboxylic acids is 1. The van der Waals surface area contributed by atoms with Gasteiger partial charge in [-0.3, -0.25) is 9.59 Å². The van der Waals surface area contributed by atoms with Crippen LogP contribution in [0, 0.1) is 23.5 Å². The molecule has 1 N–H and O–H groups in total. The zero-order valence-electron chi connectivity index (χ0n) is 15.1. The number of rotatable bonds is 10. The molecule has 0 radical (unpaired) electrons. The van der Waals surface area contributed by atoms with E-state index in [-0.39, 0.29) is 24.3 Å². The van der Waals surface area contributed by atoms with Gasteiger partial charge in [-0.15, -0.1) is 0 Å². The van der Waals surface area contributed by atoms with E-state index in [1.54, 1.807) is 11.8 Å². The van der Waals surface area contributed by atoms with Crippen LogP contribution in [0.3, 0.4) is 0 Å². The highest BCUT2D eigenvalue weighted by molar-refractivity contribution is 5.83. The number of carboxylic acids is 1. The number of hydrogen-bond acceptors (Lipinski definition) is 3. The number of hydrogen-bond donors (Lipinski definition) is 1. The van der Waals surface area contributed by atoms with Crippen LogP contribution in [0.4, 0.5) is 8.78 Å². The van der Waals surface area contributed by atoms with Gasteiger partial charge in [0.05, 0.1) is 5.92 Å². The number of halogens is 2. The maximum atomic E-state index is 13.4. The molecule has 0 heterocycles. The normalized spacial score (nSPS) is 19.8. The summed E-state index contributed by atoms with van der Waals surface area (Å²) in [6.07, 6.45) is 1.18. The second-order valence-corrected chi connectivity index (χ2v) is 6.70. The van der Waals surface area contributed by atoms with E-state index in [4.69, 9.17) is 9.84 Å². The maximum absolute atomic E-state index is 13.4. The molecule has 144 valence electrons. The van der Waals surface area contributed by atoms with Crippen LogP contribution in [-0.2, 0) is 14.3 Å². The molecule has 1 aliphatic carbocycles.